The number of hydrogen-bond acceptors (Lipinski definition) is 4. The van der Waals surface area contributed by atoms with Crippen molar-refractivity contribution in [3.8, 4) is 11.5 Å². The van der Waals surface area contributed by atoms with Crippen LogP contribution in [0.4, 0.5) is 0 Å². The summed E-state index contributed by atoms with van der Waals surface area (Å²) in [4.78, 5) is 8.60. The minimum Gasteiger partial charge on any atom is -0.337 e. The van der Waals surface area contributed by atoms with Crippen molar-refractivity contribution >= 4 is 43.5 Å². The molecule has 1 aromatic carbocycles. The van der Waals surface area contributed by atoms with Crippen LogP contribution in [0.25, 0.3) is 11.5 Å². The Morgan fingerprint density at radius 2 is 1.90 bits per heavy atom. The molecule has 0 aliphatic heterocycles. The van der Waals surface area contributed by atoms with Crippen LogP contribution in [0.5, 0.6) is 0 Å². The lowest BCUT2D eigenvalue weighted by Crippen LogP contribution is -1.94. The summed E-state index contributed by atoms with van der Waals surface area (Å²) >= 11 is 13.1. The maximum absolute atomic E-state index is 6.36. The van der Waals surface area contributed by atoms with Crippen LogP contribution in [0.2, 0.25) is 0 Å². The van der Waals surface area contributed by atoms with Crippen LogP contribution in [-0.4, -0.2) is 15.1 Å². The summed E-state index contributed by atoms with van der Waals surface area (Å²) in [7, 11) is 0. The molecular weight excluding hydrogens is 421 g/mol. The number of alkyl halides is 1. The molecule has 106 valence electrons. The zero-order valence-corrected chi connectivity index (χ0v) is 14.4. The van der Waals surface area contributed by atoms with E-state index in [1.165, 1.54) is 0 Å². The van der Waals surface area contributed by atoms with Gasteiger partial charge in [-0.2, -0.15) is 4.98 Å². The van der Waals surface area contributed by atoms with E-state index >= 15 is 0 Å². The highest BCUT2D eigenvalue weighted by molar-refractivity contribution is 9.11. The second kappa shape index (κ2) is 6.25. The lowest BCUT2D eigenvalue weighted by molar-refractivity contribution is 0.383. The zero-order chi connectivity index (χ0) is 14.8. The summed E-state index contributed by atoms with van der Waals surface area (Å²) in [5.41, 5.74) is 1.50. The lowest BCUT2D eigenvalue weighted by Gasteiger charge is -2.03. The van der Waals surface area contributed by atoms with Crippen LogP contribution < -0.4 is 0 Å². The SMILES string of the molecule is ClC(c1ccccc1)c1nc(-c2ncc(Br)cc2Br)no1. The van der Waals surface area contributed by atoms with Gasteiger partial charge in [-0.1, -0.05) is 35.5 Å². The average molecular weight is 429 g/mol. The Morgan fingerprint density at radius 1 is 1.14 bits per heavy atom. The molecule has 0 amide bonds. The van der Waals surface area contributed by atoms with Gasteiger partial charge in [0.15, 0.2) is 0 Å². The maximum Gasteiger partial charge on any atom is 0.249 e. The van der Waals surface area contributed by atoms with Gasteiger partial charge in [-0.25, -0.2) is 0 Å². The predicted molar refractivity (Wildman–Crippen MR) is 87.1 cm³/mol. The number of nitrogens with zero attached hydrogens (tertiary/aromatic N) is 3. The van der Waals surface area contributed by atoms with Gasteiger partial charge >= 0.3 is 0 Å². The normalized spacial score (nSPS) is 12.3. The van der Waals surface area contributed by atoms with E-state index in [2.05, 4.69) is 47.0 Å². The van der Waals surface area contributed by atoms with Gasteiger partial charge in [0.2, 0.25) is 11.7 Å². The van der Waals surface area contributed by atoms with E-state index < -0.39 is 5.38 Å². The van der Waals surface area contributed by atoms with E-state index in [1.54, 1.807) is 6.20 Å². The van der Waals surface area contributed by atoms with Crippen molar-refractivity contribution in [2.75, 3.05) is 0 Å². The van der Waals surface area contributed by atoms with Gasteiger partial charge in [0.25, 0.3) is 0 Å². The average Bonchev–Trinajstić information content (AvgIpc) is 2.97. The van der Waals surface area contributed by atoms with Gasteiger partial charge in [0.05, 0.1) is 0 Å². The fraction of sp³-hybridized carbons (Fsp3) is 0.0714. The summed E-state index contributed by atoms with van der Waals surface area (Å²) in [5, 5.41) is 3.46. The van der Waals surface area contributed by atoms with Crippen molar-refractivity contribution in [3.63, 3.8) is 0 Å². The highest BCUT2D eigenvalue weighted by atomic mass is 79.9. The minimum atomic E-state index is -0.485. The molecule has 21 heavy (non-hydrogen) atoms. The van der Waals surface area contributed by atoms with Crippen LogP contribution in [0.1, 0.15) is 16.8 Å². The van der Waals surface area contributed by atoms with E-state index in [4.69, 9.17) is 16.1 Å². The van der Waals surface area contributed by atoms with Crippen molar-refractivity contribution in [2.45, 2.75) is 5.38 Å². The van der Waals surface area contributed by atoms with E-state index in [0.29, 0.717) is 17.4 Å². The van der Waals surface area contributed by atoms with Crippen LogP contribution >= 0.6 is 43.5 Å². The molecule has 0 bridgehead atoms. The van der Waals surface area contributed by atoms with E-state index in [-0.39, 0.29) is 0 Å². The second-order valence-electron chi connectivity index (χ2n) is 4.21. The molecule has 1 atom stereocenters. The molecule has 0 spiro atoms. The molecule has 7 heteroatoms. The molecule has 0 radical (unpaired) electrons. The highest BCUT2D eigenvalue weighted by Crippen LogP contribution is 2.31. The molecule has 2 heterocycles. The quantitative estimate of drug-likeness (QED) is 0.551. The molecule has 0 aliphatic rings. The van der Waals surface area contributed by atoms with Crippen molar-refractivity contribution in [2.24, 2.45) is 0 Å². The van der Waals surface area contributed by atoms with Crippen LogP contribution in [0.3, 0.4) is 0 Å². The van der Waals surface area contributed by atoms with Crippen LogP contribution in [0.15, 0.2) is 56.1 Å². The third-order valence-corrected chi connectivity index (χ3v) is 4.25. The Hall–Kier alpha value is -1.24. The Morgan fingerprint density at radius 3 is 2.62 bits per heavy atom. The summed E-state index contributed by atoms with van der Waals surface area (Å²) < 4.78 is 6.89. The first-order valence-electron chi connectivity index (χ1n) is 5.99. The van der Waals surface area contributed by atoms with Gasteiger partial charge in [0, 0.05) is 15.1 Å². The molecule has 0 N–H and O–H groups in total. The second-order valence-corrected chi connectivity index (χ2v) is 6.42. The lowest BCUT2D eigenvalue weighted by atomic mass is 10.1. The first-order chi connectivity index (χ1) is 10.1. The molecule has 4 nitrogen and oxygen atoms in total. The zero-order valence-electron chi connectivity index (χ0n) is 10.5. The highest BCUT2D eigenvalue weighted by Gasteiger charge is 2.20. The third-order valence-electron chi connectivity index (χ3n) is 2.77. The van der Waals surface area contributed by atoms with Crippen LogP contribution in [-0.2, 0) is 0 Å². The number of pyridine rings is 1. The number of halogens is 3. The number of aromatic nitrogens is 3. The molecule has 0 saturated heterocycles. The van der Waals surface area contributed by atoms with Gasteiger partial charge < -0.3 is 4.52 Å². The number of hydrogen-bond donors (Lipinski definition) is 0. The smallest absolute Gasteiger partial charge is 0.249 e. The monoisotopic (exact) mass is 427 g/mol. The van der Waals surface area contributed by atoms with Gasteiger partial charge in [-0.15, -0.1) is 11.6 Å². The standard InChI is InChI=1S/C14H8Br2ClN3O/c15-9-6-10(16)12(18-7-9)13-19-14(21-20-13)11(17)8-4-2-1-3-5-8/h1-7,11H. The fourth-order valence-corrected chi connectivity index (χ4v) is 3.18. The van der Waals surface area contributed by atoms with E-state index in [0.717, 1.165) is 14.5 Å². The molecular formula is C14H8Br2ClN3O. The molecule has 0 fully saturated rings. The maximum atomic E-state index is 6.36. The van der Waals surface area contributed by atoms with Gasteiger partial charge in [-0.05, 0) is 43.5 Å². The van der Waals surface area contributed by atoms with Gasteiger partial charge in [0.1, 0.15) is 11.1 Å². The molecule has 1 unspecified atom stereocenters. The molecule has 0 aliphatic carbocycles. The number of benzene rings is 1. The molecule has 3 aromatic rings. The summed E-state index contributed by atoms with van der Waals surface area (Å²) in [5.74, 6) is 0.737. The first kappa shape index (κ1) is 14.7. The van der Waals surface area contributed by atoms with E-state index in [9.17, 15) is 0 Å². The third kappa shape index (κ3) is 3.17. The Kier molecular flexibility index (Phi) is 4.37. The summed E-state index contributed by atoms with van der Waals surface area (Å²) in [6, 6.07) is 11.4. The topological polar surface area (TPSA) is 51.8 Å². The van der Waals surface area contributed by atoms with Crippen molar-refractivity contribution < 1.29 is 4.52 Å². The number of rotatable bonds is 3. The fourth-order valence-electron chi connectivity index (χ4n) is 1.78. The Labute approximate surface area is 142 Å². The minimum absolute atomic E-state index is 0.342. The van der Waals surface area contributed by atoms with Crippen molar-refractivity contribution in [1.29, 1.82) is 0 Å². The van der Waals surface area contributed by atoms with Crippen molar-refractivity contribution in [3.05, 3.63) is 63.0 Å². The largest absolute Gasteiger partial charge is 0.337 e. The predicted octanol–water partition coefficient (Wildman–Crippen LogP) is 4.98. The molecule has 0 saturated carbocycles. The van der Waals surface area contributed by atoms with Crippen LogP contribution in [0, 0.1) is 0 Å². The Bertz CT molecular complexity index is 764. The summed E-state index contributed by atoms with van der Waals surface area (Å²) in [6.45, 7) is 0. The van der Waals surface area contributed by atoms with E-state index in [1.807, 2.05) is 36.4 Å². The Balaban J connectivity index is 1.93. The van der Waals surface area contributed by atoms with Gasteiger partial charge in [-0.3, -0.25) is 4.98 Å². The molecule has 2 aromatic heterocycles. The molecule has 3 rings (SSSR count). The first-order valence-corrected chi connectivity index (χ1v) is 8.01. The summed E-state index contributed by atoms with van der Waals surface area (Å²) in [6.07, 6.45) is 1.67. The van der Waals surface area contributed by atoms with Crippen molar-refractivity contribution in [1.82, 2.24) is 15.1 Å².